The monoisotopic (exact) mass is 385 g/mol. The lowest BCUT2D eigenvalue weighted by Crippen LogP contribution is -3.00. The van der Waals surface area contributed by atoms with Gasteiger partial charge in [0.15, 0.2) is 0 Å². The minimum Gasteiger partial charge on any atom is -1.00 e. The van der Waals surface area contributed by atoms with Gasteiger partial charge in [-0.15, -0.1) is 0 Å². The van der Waals surface area contributed by atoms with Crippen molar-refractivity contribution in [2.75, 3.05) is 0 Å². The Morgan fingerprint density at radius 3 is 2.15 bits per heavy atom. The van der Waals surface area contributed by atoms with Gasteiger partial charge in [0.05, 0.1) is 10.4 Å². The molecule has 0 fully saturated rings. The van der Waals surface area contributed by atoms with Crippen molar-refractivity contribution in [3.63, 3.8) is 0 Å². The van der Waals surface area contributed by atoms with Crippen LogP contribution in [0.2, 0.25) is 0 Å². The predicted molar refractivity (Wildman–Crippen MR) is 109 cm³/mol. The zero-order valence-electron chi connectivity index (χ0n) is 16.4. The van der Waals surface area contributed by atoms with Crippen molar-refractivity contribution in [2.24, 2.45) is 0 Å². The molecule has 0 amide bonds. The van der Waals surface area contributed by atoms with Gasteiger partial charge in [-0.2, -0.15) is 4.57 Å². The van der Waals surface area contributed by atoms with E-state index in [9.17, 15) is 0 Å². The van der Waals surface area contributed by atoms with Gasteiger partial charge in [-0.05, 0) is 38.3 Å². The molecule has 0 saturated heterocycles. The highest BCUT2D eigenvalue weighted by molar-refractivity contribution is 7.09. The van der Waals surface area contributed by atoms with Gasteiger partial charge in [0, 0.05) is 12.0 Å². The molecule has 138 valence electrons. The molecule has 26 heavy (non-hydrogen) atoms. The molecule has 2 aromatic carbocycles. The largest absolute Gasteiger partial charge is 1.00 e. The molecular formula is C23H28ClNS. The number of nitrogens with zero attached hydrogens (tertiary/aromatic N) is 1. The fourth-order valence-corrected chi connectivity index (χ4v) is 4.76. The maximum absolute atomic E-state index is 2.45. The van der Waals surface area contributed by atoms with Crippen LogP contribution in [0.15, 0.2) is 41.9 Å². The van der Waals surface area contributed by atoms with E-state index in [1.54, 1.807) is 0 Å². The van der Waals surface area contributed by atoms with Crippen molar-refractivity contribution in [3.05, 3.63) is 69.2 Å². The standard InChI is InChI=1S/C23H28NS.ClH/c1-6-18-10-9-11-20(19-13-16(4)12-17(5)14-19)23(18)24-15-25-22(8-3)21(24)7-2;/h9-15H,6-8H2,1-5H3;1H/q+1;/p-1. The van der Waals surface area contributed by atoms with Crippen LogP contribution in [0.1, 0.15) is 48.0 Å². The summed E-state index contributed by atoms with van der Waals surface area (Å²) in [4.78, 5) is 1.50. The molecule has 1 aromatic heterocycles. The molecule has 3 heteroatoms. The van der Waals surface area contributed by atoms with Crippen molar-refractivity contribution >= 4 is 11.3 Å². The molecule has 0 aliphatic heterocycles. The second-order valence-electron chi connectivity index (χ2n) is 6.71. The summed E-state index contributed by atoms with van der Waals surface area (Å²) in [6.45, 7) is 11.1. The van der Waals surface area contributed by atoms with Crippen LogP contribution in [0, 0.1) is 13.8 Å². The van der Waals surface area contributed by atoms with Crippen LogP contribution in [0.3, 0.4) is 0 Å². The summed E-state index contributed by atoms with van der Waals surface area (Å²) in [5.74, 6) is 0. The number of hydrogen-bond donors (Lipinski definition) is 0. The van der Waals surface area contributed by atoms with E-state index < -0.39 is 0 Å². The summed E-state index contributed by atoms with van der Waals surface area (Å²) in [5.41, 5.74) is 11.8. The first-order valence-electron chi connectivity index (χ1n) is 9.30. The van der Waals surface area contributed by atoms with E-state index in [1.165, 1.54) is 44.1 Å². The van der Waals surface area contributed by atoms with Crippen LogP contribution in [-0.2, 0) is 19.3 Å². The highest BCUT2D eigenvalue weighted by Gasteiger charge is 2.25. The molecule has 0 aliphatic rings. The fourth-order valence-electron chi connectivity index (χ4n) is 3.75. The summed E-state index contributed by atoms with van der Waals surface area (Å²) >= 11 is 1.89. The van der Waals surface area contributed by atoms with Crippen molar-refractivity contribution in [1.29, 1.82) is 0 Å². The Kier molecular flexibility index (Phi) is 7.02. The topological polar surface area (TPSA) is 3.88 Å². The average Bonchev–Trinajstić information content (AvgIpc) is 3.02. The molecule has 0 radical (unpaired) electrons. The third-order valence-corrected chi connectivity index (χ3v) is 5.97. The van der Waals surface area contributed by atoms with Gasteiger partial charge in [0.2, 0.25) is 16.9 Å². The maximum Gasteiger partial charge on any atom is 0.231 e. The minimum atomic E-state index is 0. The van der Waals surface area contributed by atoms with E-state index in [2.05, 4.69) is 81.1 Å². The zero-order valence-corrected chi connectivity index (χ0v) is 18.0. The van der Waals surface area contributed by atoms with E-state index in [0.29, 0.717) is 0 Å². The summed E-state index contributed by atoms with van der Waals surface area (Å²) < 4.78 is 2.45. The number of aromatic nitrogens is 1. The Morgan fingerprint density at radius 2 is 1.58 bits per heavy atom. The Hall–Kier alpha value is -1.64. The van der Waals surface area contributed by atoms with Crippen molar-refractivity contribution in [3.8, 4) is 16.8 Å². The highest BCUT2D eigenvalue weighted by Crippen LogP contribution is 2.30. The van der Waals surface area contributed by atoms with Crippen LogP contribution < -0.4 is 17.0 Å². The van der Waals surface area contributed by atoms with Crippen molar-refractivity contribution < 1.29 is 17.0 Å². The number of halogens is 1. The molecule has 0 saturated carbocycles. The molecule has 1 nitrogen and oxygen atoms in total. The second-order valence-corrected chi connectivity index (χ2v) is 7.65. The molecule has 1 heterocycles. The van der Waals surface area contributed by atoms with Gasteiger partial charge in [0.25, 0.3) is 0 Å². The van der Waals surface area contributed by atoms with Crippen LogP contribution in [0.5, 0.6) is 0 Å². The van der Waals surface area contributed by atoms with Crippen LogP contribution >= 0.6 is 11.3 Å². The van der Waals surface area contributed by atoms with Crippen LogP contribution in [0.4, 0.5) is 0 Å². The van der Waals surface area contributed by atoms with E-state index in [0.717, 1.165) is 19.3 Å². The Balaban J connectivity index is 0.00000243. The Morgan fingerprint density at radius 1 is 0.885 bits per heavy atom. The first-order chi connectivity index (χ1) is 12.1. The summed E-state index contributed by atoms with van der Waals surface area (Å²) in [7, 11) is 0. The van der Waals surface area contributed by atoms with Gasteiger partial charge in [-0.25, -0.2) is 0 Å². The lowest BCUT2D eigenvalue weighted by molar-refractivity contribution is -0.598. The number of thiazole rings is 1. The number of rotatable bonds is 5. The van der Waals surface area contributed by atoms with Gasteiger partial charge in [-0.3, -0.25) is 0 Å². The molecule has 0 spiro atoms. The van der Waals surface area contributed by atoms with E-state index in [-0.39, 0.29) is 12.4 Å². The number of aryl methyl sites for hydroxylation is 4. The zero-order chi connectivity index (χ0) is 18.0. The molecule has 0 unspecified atom stereocenters. The number of para-hydroxylation sites is 1. The van der Waals surface area contributed by atoms with Gasteiger partial charge in [0.1, 0.15) is 0 Å². The summed E-state index contributed by atoms with van der Waals surface area (Å²) in [6, 6.07) is 13.6. The lowest BCUT2D eigenvalue weighted by Gasteiger charge is -2.11. The average molecular weight is 386 g/mol. The first kappa shape index (κ1) is 20.7. The normalized spacial score (nSPS) is 10.7. The van der Waals surface area contributed by atoms with Gasteiger partial charge >= 0.3 is 0 Å². The van der Waals surface area contributed by atoms with E-state index in [1.807, 2.05) is 11.3 Å². The van der Waals surface area contributed by atoms with Gasteiger partial charge < -0.3 is 12.4 Å². The first-order valence-corrected chi connectivity index (χ1v) is 10.2. The van der Waals surface area contributed by atoms with E-state index in [4.69, 9.17) is 0 Å². The maximum atomic E-state index is 2.45. The molecule has 0 bridgehead atoms. The third-order valence-electron chi connectivity index (χ3n) is 4.84. The highest BCUT2D eigenvalue weighted by atomic mass is 35.5. The summed E-state index contributed by atoms with van der Waals surface area (Å²) in [6.07, 6.45) is 3.21. The fraction of sp³-hybridized carbons (Fsp3) is 0.348. The molecule has 0 aliphatic carbocycles. The molecule has 3 aromatic rings. The minimum absolute atomic E-state index is 0. The predicted octanol–water partition coefficient (Wildman–Crippen LogP) is 3.00. The summed E-state index contributed by atoms with van der Waals surface area (Å²) in [5, 5.41) is 0. The number of hydrogen-bond acceptors (Lipinski definition) is 1. The van der Waals surface area contributed by atoms with Crippen molar-refractivity contribution in [1.82, 2.24) is 0 Å². The van der Waals surface area contributed by atoms with Gasteiger partial charge in [-0.1, -0.05) is 73.6 Å². The molecule has 0 N–H and O–H groups in total. The molecule has 3 rings (SSSR count). The third kappa shape index (κ3) is 3.87. The van der Waals surface area contributed by atoms with E-state index >= 15 is 0 Å². The number of benzene rings is 2. The lowest BCUT2D eigenvalue weighted by atomic mass is 9.95. The Bertz CT molecular complexity index is 875. The van der Waals surface area contributed by atoms with Crippen molar-refractivity contribution in [2.45, 2.75) is 53.9 Å². The van der Waals surface area contributed by atoms with Crippen LogP contribution in [-0.4, -0.2) is 0 Å². The molecular weight excluding hydrogens is 358 g/mol. The Labute approximate surface area is 168 Å². The SMILES string of the molecule is CCc1cccc(-c2cc(C)cc(C)c2)c1-[n+]1csc(CC)c1CC.[Cl-]. The van der Waals surface area contributed by atoms with Crippen LogP contribution in [0.25, 0.3) is 16.8 Å². The second kappa shape index (κ2) is 8.83. The quantitative estimate of drug-likeness (QED) is 0.594. The molecule has 0 atom stereocenters. The smallest absolute Gasteiger partial charge is 0.231 e.